The number of terminal acetylenes is 1. The standard InChI is InChI=1S/C33H28F3N7O2/c1-2-20-23(35)5-6-24-27(20)21(12-26(37)39-24)30-28(36)31-22(14-38-30)29(25-7-4-19-16-44-11-10-43(19)25)40-32(41-31)45-17-33-8-3-9-42(33)15-18(34)13-33/h1,4-7,12,14,18H,3,8-11,13,15-17H2,(H2,37,39)/t18-,33+/m1/s1. The molecule has 45 heavy (non-hydrogen) atoms. The molecule has 0 saturated carbocycles. The van der Waals surface area contributed by atoms with Crippen LogP contribution < -0.4 is 10.5 Å². The number of hydrogen-bond donors (Lipinski definition) is 1. The number of aromatic nitrogens is 5. The average molecular weight is 612 g/mol. The molecule has 12 heteroatoms. The van der Waals surface area contributed by atoms with E-state index in [-0.39, 0.29) is 46.2 Å². The smallest absolute Gasteiger partial charge is 0.317 e. The van der Waals surface area contributed by atoms with Crippen LogP contribution in [0.1, 0.15) is 30.5 Å². The maximum absolute atomic E-state index is 16.8. The highest BCUT2D eigenvalue weighted by atomic mass is 19.1. The van der Waals surface area contributed by atoms with E-state index in [0.717, 1.165) is 30.8 Å². The third-order valence-corrected chi connectivity index (χ3v) is 9.26. The van der Waals surface area contributed by atoms with Crippen LogP contribution >= 0.6 is 0 Å². The van der Waals surface area contributed by atoms with E-state index < -0.39 is 23.3 Å². The van der Waals surface area contributed by atoms with Crippen LogP contribution in [-0.2, 0) is 17.9 Å². The van der Waals surface area contributed by atoms with Crippen molar-refractivity contribution in [3.63, 3.8) is 0 Å². The van der Waals surface area contributed by atoms with Gasteiger partial charge in [0.1, 0.15) is 41.3 Å². The van der Waals surface area contributed by atoms with Gasteiger partial charge in [0.15, 0.2) is 5.82 Å². The lowest BCUT2D eigenvalue weighted by atomic mass is 9.95. The number of fused-ring (bicyclic) bond motifs is 4. The zero-order valence-corrected chi connectivity index (χ0v) is 24.2. The highest BCUT2D eigenvalue weighted by Crippen LogP contribution is 2.41. The largest absolute Gasteiger partial charge is 0.461 e. The monoisotopic (exact) mass is 611 g/mol. The third kappa shape index (κ3) is 4.41. The molecular formula is C33H28F3N7O2. The van der Waals surface area contributed by atoms with Gasteiger partial charge in [0.25, 0.3) is 0 Å². The van der Waals surface area contributed by atoms with Gasteiger partial charge in [-0.15, -0.1) is 6.42 Å². The summed E-state index contributed by atoms with van der Waals surface area (Å²) < 4.78 is 60.0. The fraction of sp³-hybridized carbons (Fsp3) is 0.333. The summed E-state index contributed by atoms with van der Waals surface area (Å²) in [6.07, 6.45) is 8.35. The topological polar surface area (TPSA) is 104 Å². The zero-order valence-electron chi connectivity index (χ0n) is 24.2. The molecule has 0 aliphatic carbocycles. The number of anilines is 1. The van der Waals surface area contributed by atoms with E-state index in [4.69, 9.17) is 26.6 Å². The summed E-state index contributed by atoms with van der Waals surface area (Å²) in [7, 11) is 0. The van der Waals surface area contributed by atoms with Gasteiger partial charge in [-0.2, -0.15) is 9.97 Å². The van der Waals surface area contributed by atoms with Crippen molar-refractivity contribution >= 4 is 27.6 Å². The first-order valence-corrected chi connectivity index (χ1v) is 14.9. The Morgan fingerprint density at radius 1 is 1.13 bits per heavy atom. The van der Waals surface area contributed by atoms with Crippen LogP contribution in [0.4, 0.5) is 19.0 Å². The van der Waals surface area contributed by atoms with E-state index in [2.05, 4.69) is 30.3 Å². The van der Waals surface area contributed by atoms with Crippen LogP contribution in [0, 0.1) is 24.0 Å². The molecule has 3 aliphatic heterocycles. The molecule has 2 fully saturated rings. The Kier molecular flexibility index (Phi) is 6.44. The van der Waals surface area contributed by atoms with Crippen LogP contribution in [-0.4, -0.2) is 67.4 Å². The predicted molar refractivity (Wildman–Crippen MR) is 162 cm³/mol. The molecular weight excluding hydrogens is 583 g/mol. The van der Waals surface area contributed by atoms with E-state index >= 15 is 4.39 Å². The zero-order chi connectivity index (χ0) is 30.9. The number of pyridine rings is 2. The third-order valence-electron chi connectivity index (χ3n) is 9.26. The van der Waals surface area contributed by atoms with Gasteiger partial charge in [0.2, 0.25) is 0 Å². The van der Waals surface area contributed by atoms with Gasteiger partial charge < -0.3 is 19.8 Å². The number of halogens is 3. The van der Waals surface area contributed by atoms with Crippen molar-refractivity contribution in [2.24, 2.45) is 0 Å². The molecule has 8 rings (SSSR count). The normalized spacial score (nSPS) is 21.2. The molecule has 7 heterocycles. The van der Waals surface area contributed by atoms with Gasteiger partial charge in [-0.1, -0.05) is 5.92 Å². The van der Waals surface area contributed by atoms with Crippen LogP contribution in [0.2, 0.25) is 0 Å². The minimum Gasteiger partial charge on any atom is -0.461 e. The molecule has 0 bridgehead atoms. The van der Waals surface area contributed by atoms with Crippen molar-refractivity contribution in [2.45, 2.75) is 44.1 Å². The number of ether oxygens (including phenoxy) is 2. The van der Waals surface area contributed by atoms with E-state index in [1.54, 1.807) is 0 Å². The van der Waals surface area contributed by atoms with Crippen LogP contribution in [0.5, 0.6) is 6.01 Å². The first-order chi connectivity index (χ1) is 21.8. The van der Waals surface area contributed by atoms with E-state index in [9.17, 15) is 8.78 Å². The lowest BCUT2D eigenvalue weighted by Crippen LogP contribution is -2.43. The molecule has 5 aromatic rings. The number of nitrogens with zero attached hydrogens (tertiary/aromatic N) is 6. The molecule has 0 radical (unpaired) electrons. The molecule has 2 atom stereocenters. The molecule has 228 valence electrons. The molecule has 9 nitrogen and oxygen atoms in total. The van der Waals surface area contributed by atoms with Crippen LogP contribution in [0.25, 0.3) is 44.5 Å². The number of hydrogen-bond acceptors (Lipinski definition) is 8. The predicted octanol–water partition coefficient (Wildman–Crippen LogP) is 5.04. The lowest BCUT2D eigenvalue weighted by molar-refractivity contribution is 0.0855. The molecule has 0 amide bonds. The molecule has 2 N–H and O–H groups in total. The summed E-state index contributed by atoms with van der Waals surface area (Å²) >= 11 is 0. The van der Waals surface area contributed by atoms with Crippen molar-refractivity contribution in [1.29, 1.82) is 0 Å². The summed E-state index contributed by atoms with van der Waals surface area (Å²) in [5, 5.41) is 0.572. The van der Waals surface area contributed by atoms with Gasteiger partial charge in [-0.3, -0.25) is 9.88 Å². The Bertz CT molecular complexity index is 2060. The average Bonchev–Trinajstić information content (AvgIpc) is 3.72. The first-order valence-electron chi connectivity index (χ1n) is 14.9. The van der Waals surface area contributed by atoms with Gasteiger partial charge in [0.05, 0.1) is 35.5 Å². The van der Waals surface area contributed by atoms with Crippen LogP contribution in [0.3, 0.4) is 0 Å². The fourth-order valence-corrected chi connectivity index (χ4v) is 7.22. The maximum Gasteiger partial charge on any atom is 0.317 e. The van der Waals surface area contributed by atoms with E-state index in [1.165, 1.54) is 24.4 Å². The summed E-state index contributed by atoms with van der Waals surface area (Å²) in [5.74, 6) is 1.02. The highest BCUT2D eigenvalue weighted by Gasteiger charge is 2.49. The van der Waals surface area contributed by atoms with Crippen LogP contribution in [0.15, 0.2) is 36.5 Å². The number of nitrogen functional groups attached to an aromatic ring is 1. The lowest BCUT2D eigenvalue weighted by Gasteiger charge is -2.30. The SMILES string of the molecule is C#Cc1c(F)ccc2nc(N)cc(-c3ncc4c(-c5ccc6n5CCOC6)nc(OC[C@@]56CCCN5C[C@H](F)C6)nc4c3F)c12. The minimum atomic E-state index is -0.928. The van der Waals surface area contributed by atoms with Gasteiger partial charge >= 0.3 is 6.01 Å². The summed E-state index contributed by atoms with van der Waals surface area (Å²) in [6, 6.07) is 7.87. The van der Waals surface area contributed by atoms with Crippen molar-refractivity contribution in [2.75, 3.05) is 32.0 Å². The quantitative estimate of drug-likeness (QED) is 0.276. The Morgan fingerprint density at radius 2 is 2.02 bits per heavy atom. The Hall–Kier alpha value is -4.73. The Labute approximate surface area is 256 Å². The van der Waals surface area contributed by atoms with Gasteiger partial charge in [0, 0.05) is 47.7 Å². The van der Waals surface area contributed by atoms with Crippen molar-refractivity contribution < 1.29 is 22.6 Å². The maximum atomic E-state index is 16.8. The summed E-state index contributed by atoms with van der Waals surface area (Å²) in [5.41, 5.74) is 8.01. The molecule has 3 aliphatic rings. The highest BCUT2D eigenvalue weighted by molar-refractivity contribution is 6.01. The van der Waals surface area contributed by atoms with Crippen molar-refractivity contribution in [1.82, 2.24) is 29.4 Å². The second-order valence-electron chi connectivity index (χ2n) is 11.9. The second kappa shape index (κ2) is 10.4. The van der Waals surface area contributed by atoms with Gasteiger partial charge in [-0.25, -0.2) is 18.2 Å². The summed E-state index contributed by atoms with van der Waals surface area (Å²) in [6.45, 7) is 2.90. The van der Waals surface area contributed by atoms with Crippen molar-refractivity contribution in [3.8, 4) is 41.0 Å². The number of benzene rings is 1. The second-order valence-corrected chi connectivity index (χ2v) is 11.9. The molecule has 1 aromatic carbocycles. The molecule has 0 unspecified atom stereocenters. The summed E-state index contributed by atoms with van der Waals surface area (Å²) in [4.78, 5) is 20.2. The fourth-order valence-electron chi connectivity index (χ4n) is 7.22. The van der Waals surface area contributed by atoms with Gasteiger partial charge in [-0.05, 0) is 49.7 Å². The van der Waals surface area contributed by atoms with E-state index in [1.807, 2.05) is 12.1 Å². The number of nitrogens with two attached hydrogens (primary N) is 1. The number of rotatable bonds is 5. The number of alkyl halides is 1. The minimum absolute atomic E-state index is 0.0332. The Morgan fingerprint density at radius 3 is 2.89 bits per heavy atom. The molecule has 0 spiro atoms. The van der Waals surface area contributed by atoms with Crippen molar-refractivity contribution in [3.05, 3.63) is 59.4 Å². The van der Waals surface area contributed by atoms with E-state index in [0.29, 0.717) is 49.3 Å². The first kappa shape index (κ1) is 27.8. The molecule has 4 aromatic heterocycles. The molecule has 2 saturated heterocycles. The Balaban J connectivity index is 1.32.